The van der Waals surface area contributed by atoms with Gasteiger partial charge < -0.3 is 0 Å². The number of aryl methyl sites for hydroxylation is 1. The smallest absolute Gasteiger partial charge is 0.230 e. The zero-order valence-corrected chi connectivity index (χ0v) is 17.0. The van der Waals surface area contributed by atoms with Crippen molar-refractivity contribution in [2.75, 3.05) is 4.90 Å². The van der Waals surface area contributed by atoms with E-state index in [9.17, 15) is 4.79 Å². The van der Waals surface area contributed by atoms with Crippen LogP contribution in [-0.4, -0.2) is 10.9 Å². The molecule has 3 aromatic rings. The molecule has 0 saturated carbocycles. The number of hydrogen-bond acceptors (Lipinski definition) is 4. The minimum absolute atomic E-state index is 0.0412. The summed E-state index contributed by atoms with van der Waals surface area (Å²) < 4.78 is 0. The van der Waals surface area contributed by atoms with Crippen molar-refractivity contribution >= 4 is 51.4 Å². The summed E-state index contributed by atoms with van der Waals surface area (Å²) in [7, 11) is 0. The SMILES string of the molecule is CCc1ccc(N(C(C)=O)c2nc(CSc3ccc(Cl)cc3)cs2)cc1. The second kappa shape index (κ2) is 8.71. The van der Waals surface area contributed by atoms with Crippen LogP contribution in [0, 0.1) is 0 Å². The minimum Gasteiger partial charge on any atom is -0.274 e. The molecular formula is C20H19ClN2OS2. The van der Waals surface area contributed by atoms with Gasteiger partial charge in [0.15, 0.2) is 5.13 Å². The average molecular weight is 403 g/mol. The van der Waals surface area contributed by atoms with Gasteiger partial charge in [0.25, 0.3) is 0 Å². The summed E-state index contributed by atoms with van der Waals surface area (Å²) in [5, 5.41) is 3.44. The van der Waals surface area contributed by atoms with E-state index in [0.717, 1.165) is 33.5 Å². The molecule has 6 heteroatoms. The standard InChI is InChI=1S/C20H19ClN2OS2/c1-3-15-4-8-18(9-5-15)23(14(2)24)20-22-17(13-26-20)12-25-19-10-6-16(21)7-11-19/h4-11,13H,3,12H2,1-2H3. The number of halogens is 1. The maximum absolute atomic E-state index is 12.2. The number of anilines is 2. The van der Waals surface area contributed by atoms with E-state index in [2.05, 4.69) is 24.0 Å². The normalized spacial score (nSPS) is 10.7. The van der Waals surface area contributed by atoms with Crippen molar-refractivity contribution in [3.05, 3.63) is 70.2 Å². The number of rotatable bonds is 6. The second-order valence-corrected chi connectivity index (χ2v) is 8.06. The van der Waals surface area contributed by atoms with Crippen LogP contribution in [0.5, 0.6) is 0 Å². The second-order valence-electron chi connectivity index (χ2n) is 5.74. The summed E-state index contributed by atoms with van der Waals surface area (Å²) in [4.78, 5) is 19.7. The van der Waals surface area contributed by atoms with Gasteiger partial charge >= 0.3 is 0 Å². The van der Waals surface area contributed by atoms with Crippen LogP contribution in [0.1, 0.15) is 25.1 Å². The molecule has 3 rings (SSSR count). The third-order valence-corrected chi connectivity index (χ3v) is 6.02. The van der Waals surface area contributed by atoms with Crippen LogP contribution in [0.15, 0.2) is 58.8 Å². The van der Waals surface area contributed by atoms with Gasteiger partial charge in [0.05, 0.1) is 11.4 Å². The molecule has 0 aliphatic heterocycles. The van der Waals surface area contributed by atoms with Crippen LogP contribution in [0.25, 0.3) is 0 Å². The Morgan fingerprint density at radius 1 is 1.15 bits per heavy atom. The van der Waals surface area contributed by atoms with Crippen molar-refractivity contribution in [3.8, 4) is 0 Å². The highest BCUT2D eigenvalue weighted by Gasteiger charge is 2.18. The van der Waals surface area contributed by atoms with Crippen molar-refractivity contribution in [1.82, 2.24) is 4.98 Å². The molecule has 0 aliphatic rings. The van der Waals surface area contributed by atoms with Crippen molar-refractivity contribution in [2.24, 2.45) is 0 Å². The Kier molecular flexibility index (Phi) is 6.35. The average Bonchev–Trinajstić information content (AvgIpc) is 3.10. The molecule has 26 heavy (non-hydrogen) atoms. The molecule has 1 amide bonds. The predicted octanol–water partition coefficient (Wildman–Crippen LogP) is 6.34. The van der Waals surface area contributed by atoms with Gasteiger partial charge in [-0.3, -0.25) is 9.69 Å². The van der Waals surface area contributed by atoms with Gasteiger partial charge in [-0.1, -0.05) is 30.7 Å². The van der Waals surface area contributed by atoms with E-state index in [0.29, 0.717) is 5.13 Å². The van der Waals surface area contributed by atoms with Gasteiger partial charge in [0.1, 0.15) is 0 Å². The van der Waals surface area contributed by atoms with E-state index in [1.165, 1.54) is 16.9 Å². The topological polar surface area (TPSA) is 33.2 Å². The van der Waals surface area contributed by atoms with E-state index in [-0.39, 0.29) is 5.91 Å². The fourth-order valence-electron chi connectivity index (χ4n) is 2.46. The van der Waals surface area contributed by atoms with Crippen molar-refractivity contribution in [1.29, 1.82) is 0 Å². The minimum atomic E-state index is -0.0412. The van der Waals surface area contributed by atoms with E-state index in [4.69, 9.17) is 11.6 Å². The number of hydrogen-bond donors (Lipinski definition) is 0. The van der Waals surface area contributed by atoms with Gasteiger partial charge in [-0.25, -0.2) is 4.98 Å². The predicted molar refractivity (Wildman–Crippen MR) is 112 cm³/mol. The van der Waals surface area contributed by atoms with Crippen molar-refractivity contribution in [3.63, 3.8) is 0 Å². The number of carbonyl (C=O) groups excluding carboxylic acids is 1. The fraction of sp³-hybridized carbons (Fsp3) is 0.200. The van der Waals surface area contributed by atoms with E-state index in [1.54, 1.807) is 23.6 Å². The summed E-state index contributed by atoms with van der Waals surface area (Å²) in [5.41, 5.74) is 3.05. The maximum atomic E-state index is 12.2. The first-order valence-corrected chi connectivity index (χ1v) is 10.5. The lowest BCUT2D eigenvalue weighted by atomic mass is 10.1. The number of nitrogens with zero attached hydrogens (tertiary/aromatic N) is 2. The zero-order chi connectivity index (χ0) is 18.5. The van der Waals surface area contributed by atoms with E-state index < -0.39 is 0 Å². The number of amides is 1. The lowest BCUT2D eigenvalue weighted by molar-refractivity contribution is -0.115. The molecule has 0 spiro atoms. The third kappa shape index (κ3) is 4.67. The molecule has 0 bridgehead atoms. The molecule has 0 atom stereocenters. The highest BCUT2D eigenvalue weighted by molar-refractivity contribution is 7.98. The van der Waals surface area contributed by atoms with Crippen LogP contribution in [0.4, 0.5) is 10.8 Å². The number of aromatic nitrogens is 1. The Balaban J connectivity index is 1.74. The van der Waals surface area contributed by atoms with Crippen LogP contribution < -0.4 is 4.90 Å². The molecule has 0 N–H and O–H groups in total. The van der Waals surface area contributed by atoms with Gasteiger partial charge in [0.2, 0.25) is 5.91 Å². The zero-order valence-electron chi connectivity index (χ0n) is 14.6. The lowest BCUT2D eigenvalue weighted by Crippen LogP contribution is -2.22. The highest BCUT2D eigenvalue weighted by Crippen LogP contribution is 2.31. The monoisotopic (exact) mass is 402 g/mol. The quantitative estimate of drug-likeness (QED) is 0.451. The molecule has 0 radical (unpaired) electrons. The Labute approximate surface area is 167 Å². The van der Waals surface area contributed by atoms with Crippen LogP contribution >= 0.6 is 34.7 Å². The molecule has 1 aromatic heterocycles. The largest absolute Gasteiger partial charge is 0.274 e. The number of benzene rings is 2. The molecule has 2 aromatic carbocycles. The van der Waals surface area contributed by atoms with Gasteiger partial charge in [-0.15, -0.1) is 23.1 Å². The van der Waals surface area contributed by atoms with Crippen LogP contribution in [0.3, 0.4) is 0 Å². The molecule has 0 unspecified atom stereocenters. The summed E-state index contributed by atoms with van der Waals surface area (Å²) in [6.07, 6.45) is 0.976. The fourth-order valence-corrected chi connectivity index (χ4v) is 4.37. The first-order chi connectivity index (χ1) is 12.6. The van der Waals surface area contributed by atoms with Gasteiger partial charge in [-0.05, 0) is 48.4 Å². The number of thiazole rings is 1. The molecule has 1 heterocycles. The van der Waals surface area contributed by atoms with Crippen molar-refractivity contribution < 1.29 is 4.79 Å². The Morgan fingerprint density at radius 2 is 1.85 bits per heavy atom. The first kappa shape index (κ1) is 19.0. The van der Waals surface area contributed by atoms with Gasteiger partial charge in [0, 0.05) is 28.0 Å². The summed E-state index contributed by atoms with van der Waals surface area (Å²) in [5.74, 6) is 0.707. The third-order valence-electron chi connectivity index (χ3n) is 3.85. The van der Waals surface area contributed by atoms with Crippen LogP contribution in [-0.2, 0) is 17.0 Å². The summed E-state index contributed by atoms with van der Waals surface area (Å²) in [6, 6.07) is 15.8. The molecule has 0 fully saturated rings. The molecule has 0 aliphatic carbocycles. The molecular weight excluding hydrogens is 384 g/mol. The Morgan fingerprint density at radius 3 is 2.46 bits per heavy atom. The number of carbonyl (C=O) groups is 1. The van der Waals surface area contributed by atoms with E-state index >= 15 is 0 Å². The van der Waals surface area contributed by atoms with E-state index in [1.807, 2.05) is 41.8 Å². The molecule has 134 valence electrons. The first-order valence-electron chi connectivity index (χ1n) is 8.29. The lowest BCUT2D eigenvalue weighted by Gasteiger charge is -2.18. The molecule has 3 nitrogen and oxygen atoms in total. The van der Waals surface area contributed by atoms with Crippen LogP contribution in [0.2, 0.25) is 5.02 Å². The Bertz CT molecular complexity index is 876. The van der Waals surface area contributed by atoms with Gasteiger partial charge in [-0.2, -0.15) is 0 Å². The molecule has 0 saturated heterocycles. The van der Waals surface area contributed by atoms with Crippen molar-refractivity contribution in [2.45, 2.75) is 30.9 Å². The summed E-state index contributed by atoms with van der Waals surface area (Å²) in [6.45, 7) is 3.68. The number of thioether (sulfide) groups is 1. The highest BCUT2D eigenvalue weighted by atomic mass is 35.5. The maximum Gasteiger partial charge on any atom is 0.230 e. The Hall–Kier alpha value is -1.82. The summed E-state index contributed by atoms with van der Waals surface area (Å²) >= 11 is 9.10.